The molecule has 1 heterocycles. The molecule has 100 valence electrons. The van der Waals surface area contributed by atoms with Gasteiger partial charge >= 0.3 is 0 Å². The Kier molecular flexibility index (Phi) is 3.30. The Balaban J connectivity index is 1.83. The molecule has 1 fully saturated rings. The fourth-order valence-electron chi connectivity index (χ4n) is 2.90. The monoisotopic (exact) mass is 263 g/mol. The van der Waals surface area contributed by atoms with Gasteiger partial charge in [-0.2, -0.15) is 5.26 Å². The third-order valence-electron chi connectivity index (χ3n) is 4.00. The van der Waals surface area contributed by atoms with Crippen molar-refractivity contribution < 1.29 is 0 Å². The first-order chi connectivity index (χ1) is 9.79. The van der Waals surface area contributed by atoms with Crippen molar-refractivity contribution in [3.05, 3.63) is 59.7 Å². The van der Waals surface area contributed by atoms with E-state index in [0.717, 1.165) is 25.2 Å². The molecule has 0 spiro atoms. The summed E-state index contributed by atoms with van der Waals surface area (Å²) in [5.74, 6) is 0.543. The van der Waals surface area contributed by atoms with Gasteiger partial charge in [-0.3, -0.25) is 0 Å². The van der Waals surface area contributed by atoms with Gasteiger partial charge in [0.2, 0.25) is 0 Å². The number of benzene rings is 2. The molecule has 1 atom stereocenters. The average molecular weight is 263 g/mol. The molecule has 0 radical (unpaired) electrons. The van der Waals surface area contributed by atoms with Crippen LogP contribution in [0, 0.1) is 11.3 Å². The van der Waals surface area contributed by atoms with Gasteiger partial charge in [-0.05, 0) is 24.1 Å². The van der Waals surface area contributed by atoms with Crippen LogP contribution in [0.5, 0.6) is 0 Å². The molecule has 3 nitrogen and oxygen atoms in total. The summed E-state index contributed by atoms with van der Waals surface area (Å²) in [7, 11) is 0. The van der Waals surface area contributed by atoms with Crippen LogP contribution in [0.3, 0.4) is 0 Å². The zero-order chi connectivity index (χ0) is 13.9. The first kappa shape index (κ1) is 12.6. The molecule has 3 heteroatoms. The summed E-state index contributed by atoms with van der Waals surface area (Å²) in [5, 5.41) is 9.07. The quantitative estimate of drug-likeness (QED) is 0.847. The fourth-order valence-corrected chi connectivity index (χ4v) is 2.90. The number of hydrogen-bond donors (Lipinski definition) is 1. The minimum absolute atomic E-state index is 0.543. The number of rotatable bonds is 2. The molecule has 1 unspecified atom stereocenters. The molecule has 0 aromatic heterocycles. The SMILES string of the molecule is N#Cc1cccc(N2CCC(c3ccccc3)C2)c1N. The van der Waals surface area contributed by atoms with Crippen molar-refractivity contribution in [2.75, 3.05) is 23.7 Å². The number of nitrogens with two attached hydrogens (primary N) is 1. The van der Waals surface area contributed by atoms with Crippen LogP contribution in [-0.4, -0.2) is 13.1 Å². The van der Waals surface area contributed by atoms with Gasteiger partial charge in [0, 0.05) is 19.0 Å². The van der Waals surface area contributed by atoms with Crippen LogP contribution in [0.2, 0.25) is 0 Å². The van der Waals surface area contributed by atoms with Gasteiger partial charge in [-0.1, -0.05) is 36.4 Å². The van der Waals surface area contributed by atoms with E-state index in [2.05, 4.69) is 35.2 Å². The van der Waals surface area contributed by atoms with Crippen LogP contribution in [0.4, 0.5) is 11.4 Å². The molecule has 0 saturated carbocycles. The number of nitrogen functional groups attached to an aromatic ring is 1. The van der Waals surface area contributed by atoms with Crippen LogP contribution in [0.25, 0.3) is 0 Å². The smallest absolute Gasteiger partial charge is 0.101 e. The van der Waals surface area contributed by atoms with Crippen molar-refractivity contribution in [1.29, 1.82) is 5.26 Å². The van der Waals surface area contributed by atoms with E-state index in [0.29, 0.717) is 17.2 Å². The maximum Gasteiger partial charge on any atom is 0.101 e. The highest BCUT2D eigenvalue weighted by molar-refractivity contribution is 5.74. The second-order valence-electron chi connectivity index (χ2n) is 5.19. The van der Waals surface area contributed by atoms with Crippen molar-refractivity contribution in [2.45, 2.75) is 12.3 Å². The summed E-state index contributed by atoms with van der Waals surface area (Å²) in [4.78, 5) is 2.29. The number of hydrogen-bond acceptors (Lipinski definition) is 3. The van der Waals surface area contributed by atoms with Crippen molar-refractivity contribution in [2.24, 2.45) is 0 Å². The lowest BCUT2D eigenvalue weighted by Crippen LogP contribution is -2.20. The Morgan fingerprint density at radius 2 is 1.90 bits per heavy atom. The molecule has 1 aliphatic heterocycles. The molecule has 2 N–H and O–H groups in total. The minimum atomic E-state index is 0.543. The summed E-state index contributed by atoms with van der Waals surface area (Å²) >= 11 is 0. The Morgan fingerprint density at radius 3 is 2.65 bits per heavy atom. The molecule has 3 rings (SSSR count). The zero-order valence-corrected chi connectivity index (χ0v) is 11.3. The molecule has 1 aliphatic rings. The van der Waals surface area contributed by atoms with Gasteiger partial charge < -0.3 is 10.6 Å². The largest absolute Gasteiger partial charge is 0.396 e. The van der Waals surface area contributed by atoms with E-state index >= 15 is 0 Å². The normalized spacial score (nSPS) is 17.9. The number of nitriles is 1. The molecule has 1 saturated heterocycles. The van der Waals surface area contributed by atoms with Crippen molar-refractivity contribution in [3.63, 3.8) is 0 Å². The Hall–Kier alpha value is -2.47. The molecule has 20 heavy (non-hydrogen) atoms. The number of nitrogens with zero attached hydrogens (tertiary/aromatic N) is 2. The topological polar surface area (TPSA) is 53.0 Å². The van der Waals surface area contributed by atoms with Gasteiger partial charge in [-0.15, -0.1) is 0 Å². The maximum atomic E-state index is 9.07. The Morgan fingerprint density at radius 1 is 1.10 bits per heavy atom. The summed E-state index contributed by atoms with van der Waals surface area (Å²) in [6.45, 7) is 1.95. The van der Waals surface area contributed by atoms with E-state index in [4.69, 9.17) is 11.0 Å². The lowest BCUT2D eigenvalue weighted by molar-refractivity contribution is 0.775. The lowest BCUT2D eigenvalue weighted by Gasteiger charge is -2.21. The molecule has 0 amide bonds. The van der Waals surface area contributed by atoms with E-state index in [-0.39, 0.29) is 0 Å². The van der Waals surface area contributed by atoms with Crippen LogP contribution in [-0.2, 0) is 0 Å². The summed E-state index contributed by atoms with van der Waals surface area (Å²) in [6.07, 6.45) is 1.13. The van der Waals surface area contributed by atoms with Gasteiger partial charge in [0.15, 0.2) is 0 Å². The molecular formula is C17H17N3. The van der Waals surface area contributed by atoms with Crippen LogP contribution in [0.1, 0.15) is 23.5 Å². The number of para-hydroxylation sites is 1. The highest BCUT2D eigenvalue weighted by atomic mass is 15.2. The summed E-state index contributed by atoms with van der Waals surface area (Å²) in [6, 6.07) is 18.4. The van der Waals surface area contributed by atoms with Gasteiger partial charge in [0.25, 0.3) is 0 Å². The standard InChI is InChI=1S/C17H17N3/c18-11-14-7-4-8-16(17(14)19)20-10-9-15(12-20)13-5-2-1-3-6-13/h1-8,15H,9-10,12,19H2. The van der Waals surface area contributed by atoms with E-state index in [1.807, 2.05) is 18.2 Å². The van der Waals surface area contributed by atoms with Gasteiger partial charge in [0.1, 0.15) is 6.07 Å². The fraction of sp³-hybridized carbons (Fsp3) is 0.235. The highest BCUT2D eigenvalue weighted by Crippen LogP contribution is 2.34. The molecule has 2 aromatic carbocycles. The first-order valence-electron chi connectivity index (χ1n) is 6.88. The van der Waals surface area contributed by atoms with Gasteiger partial charge in [-0.25, -0.2) is 0 Å². The van der Waals surface area contributed by atoms with Crippen molar-refractivity contribution >= 4 is 11.4 Å². The number of anilines is 2. The lowest BCUT2D eigenvalue weighted by atomic mass is 9.99. The van der Waals surface area contributed by atoms with Crippen molar-refractivity contribution in [3.8, 4) is 6.07 Å². The molecule has 0 bridgehead atoms. The van der Waals surface area contributed by atoms with Crippen LogP contribution in [0.15, 0.2) is 48.5 Å². The van der Waals surface area contributed by atoms with Crippen LogP contribution >= 0.6 is 0 Å². The maximum absolute atomic E-state index is 9.07. The van der Waals surface area contributed by atoms with E-state index < -0.39 is 0 Å². The Labute approximate surface area is 119 Å². The average Bonchev–Trinajstić information content (AvgIpc) is 2.98. The third-order valence-corrected chi connectivity index (χ3v) is 4.00. The van der Waals surface area contributed by atoms with Crippen molar-refractivity contribution in [1.82, 2.24) is 0 Å². The zero-order valence-electron chi connectivity index (χ0n) is 11.3. The highest BCUT2D eigenvalue weighted by Gasteiger charge is 2.25. The van der Waals surface area contributed by atoms with Gasteiger partial charge in [0.05, 0.1) is 16.9 Å². The van der Waals surface area contributed by atoms with E-state index in [1.54, 1.807) is 6.07 Å². The van der Waals surface area contributed by atoms with E-state index in [1.165, 1.54) is 5.56 Å². The molecule has 2 aromatic rings. The molecular weight excluding hydrogens is 246 g/mol. The summed E-state index contributed by atoms with van der Waals surface area (Å²) in [5.41, 5.74) is 9.62. The minimum Gasteiger partial charge on any atom is -0.396 e. The first-order valence-corrected chi connectivity index (χ1v) is 6.88. The second-order valence-corrected chi connectivity index (χ2v) is 5.19. The Bertz CT molecular complexity index is 643. The summed E-state index contributed by atoms with van der Waals surface area (Å²) < 4.78 is 0. The predicted octanol–water partition coefficient (Wildman–Crippen LogP) is 3.13. The van der Waals surface area contributed by atoms with Crippen LogP contribution < -0.4 is 10.6 Å². The predicted molar refractivity (Wildman–Crippen MR) is 81.6 cm³/mol. The molecule has 0 aliphatic carbocycles. The third kappa shape index (κ3) is 2.21. The van der Waals surface area contributed by atoms with E-state index in [9.17, 15) is 0 Å². The second kappa shape index (κ2) is 5.26.